The van der Waals surface area contributed by atoms with Gasteiger partial charge in [0.05, 0.1) is 29.0 Å². The van der Waals surface area contributed by atoms with Gasteiger partial charge in [0.2, 0.25) is 0 Å². The van der Waals surface area contributed by atoms with Gasteiger partial charge in [0.1, 0.15) is 10.7 Å². The zero-order valence-corrected chi connectivity index (χ0v) is 24.1. The van der Waals surface area contributed by atoms with Crippen molar-refractivity contribution in [3.63, 3.8) is 0 Å². The van der Waals surface area contributed by atoms with Crippen molar-refractivity contribution in [2.75, 3.05) is 19.7 Å². The summed E-state index contributed by atoms with van der Waals surface area (Å²) < 4.78 is 7.18. The van der Waals surface area contributed by atoms with E-state index in [1.165, 1.54) is 23.1 Å². The fourth-order valence-electron chi connectivity index (χ4n) is 4.59. The molecule has 0 aliphatic carbocycles. The molecule has 1 aliphatic rings. The van der Waals surface area contributed by atoms with Crippen molar-refractivity contribution < 1.29 is 14.3 Å². The number of likely N-dealkylation sites (tertiary alicyclic amines) is 1. The molecule has 1 amide bonds. The second-order valence-electron chi connectivity index (χ2n) is 9.17. The Balaban J connectivity index is 1.34. The van der Waals surface area contributed by atoms with Gasteiger partial charge in [0.25, 0.3) is 5.91 Å². The number of para-hydroxylation sites is 1. The van der Waals surface area contributed by atoms with Crippen LogP contribution >= 0.6 is 34.7 Å². The van der Waals surface area contributed by atoms with Crippen LogP contribution in [0.1, 0.15) is 40.8 Å². The lowest BCUT2D eigenvalue weighted by Gasteiger charge is -2.31. The lowest BCUT2D eigenvalue weighted by Crippen LogP contribution is -2.43. The van der Waals surface area contributed by atoms with Crippen LogP contribution in [-0.2, 0) is 15.3 Å². The maximum Gasteiger partial charge on any atom is 0.310 e. The van der Waals surface area contributed by atoms with Gasteiger partial charge in [-0.3, -0.25) is 14.2 Å². The Morgan fingerprint density at radius 2 is 1.95 bits per heavy atom. The molecule has 1 unspecified atom stereocenters. The Morgan fingerprint density at radius 1 is 1.15 bits per heavy atom. The molecule has 0 saturated carbocycles. The molecule has 2 aromatic carbocycles. The van der Waals surface area contributed by atoms with Crippen LogP contribution in [0, 0.1) is 12.8 Å². The first kappa shape index (κ1) is 27.4. The van der Waals surface area contributed by atoms with Crippen LogP contribution in [-0.4, -0.2) is 56.2 Å². The summed E-state index contributed by atoms with van der Waals surface area (Å²) in [6.45, 7) is 5.16. The number of piperidine rings is 1. The fraction of sp³-hybridized carbons (Fsp3) is 0.321. The van der Waals surface area contributed by atoms with E-state index >= 15 is 0 Å². The van der Waals surface area contributed by atoms with E-state index in [1.807, 2.05) is 60.0 Å². The molecule has 39 heavy (non-hydrogen) atoms. The molecule has 0 radical (unpaired) electrons. The zero-order chi connectivity index (χ0) is 27.4. The van der Waals surface area contributed by atoms with Crippen molar-refractivity contribution in [2.45, 2.75) is 37.6 Å². The smallest absolute Gasteiger partial charge is 0.310 e. The number of carbonyl (C=O) groups is 2. The van der Waals surface area contributed by atoms with Crippen LogP contribution in [0.15, 0.2) is 59.1 Å². The second-order valence-corrected chi connectivity index (χ2v) is 11.5. The molecule has 202 valence electrons. The number of benzene rings is 2. The zero-order valence-electron chi connectivity index (χ0n) is 21.7. The Hall–Kier alpha value is -3.21. The third kappa shape index (κ3) is 6.03. The van der Waals surface area contributed by atoms with Crippen molar-refractivity contribution in [1.82, 2.24) is 24.6 Å². The molecule has 1 atom stereocenters. The molecule has 8 nitrogen and oxygen atoms in total. The highest BCUT2D eigenvalue weighted by Crippen LogP contribution is 2.34. The molecule has 0 N–H and O–H groups in total. The van der Waals surface area contributed by atoms with E-state index < -0.39 is 0 Å². The SMILES string of the molecule is CCOC(=O)C1CCCN(C(=O)c2csc(CSc3nnc(-c4ccccc4Cl)n3-c3ccccc3C)n2)C1. The van der Waals surface area contributed by atoms with E-state index in [0.29, 0.717) is 47.1 Å². The third-order valence-electron chi connectivity index (χ3n) is 6.53. The van der Waals surface area contributed by atoms with E-state index in [9.17, 15) is 9.59 Å². The second kappa shape index (κ2) is 12.3. The number of hydrogen-bond acceptors (Lipinski definition) is 8. The molecule has 5 rings (SSSR count). The van der Waals surface area contributed by atoms with Crippen LogP contribution in [0.2, 0.25) is 5.02 Å². The number of carbonyl (C=O) groups excluding carboxylic acids is 2. The highest BCUT2D eigenvalue weighted by Gasteiger charge is 2.30. The first-order valence-electron chi connectivity index (χ1n) is 12.8. The number of amides is 1. The van der Waals surface area contributed by atoms with Gasteiger partial charge in [-0.15, -0.1) is 21.5 Å². The van der Waals surface area contributed by atoms with Crippen LogP contribution in [0.3, 0.4) is 0 Å². The lowest BCUT2D eigenvalue weighted by molar-refractivity contribution is -0.149. The molecular weight excluding hydrogens is 554 g/mol. The van der Waals surface area contributed by atoms with Gasteiger partial charge in [-0.2, -0.15) is 0 Å². The molecule has 4 aromatic rings. The van der Waals surface area contributed by atoms with Gasteiger partial charge in [-0.05, 0) is 50.5 Å². The first-order valence-corrected chi connectivity index (χ1v) is 15.0. The average molecular weight is 582 g/mol. The van der Waals surface area contributed by atoms with Gasteiger partial charge in [0.15, 0.2) is 11.0 Å². The molecule has 0 bridgehead atoms. The van der Waals surface area contributed by atoms with Gasteiger partial charge >= 0.3 is 5.97 Å². The van der Waals surface area contributed by atoms with Crippen molar-refractivity contribution in [3.8, 4) is 17.1 Å². The molecule has 0 spiro atoms. The predicted octanol–water partition coefficient (Wildman–Crippen LogP) is 6.06. The van der Waals surface area contributed by atoms with Gasteiger partial charge in [-0.25, -0.2) is 4.98 Å². The standard InChI is InChI=1S/C28H28ClN5O3S2/c1-3-37-27(36)19-10-8-14-33(15-19)26(35)22-16-38-24(30-22)17-39-28-32-31-25(20-11-5-6-12-21(20)29)34(28)23-13-7-4-9-18(23)2/h4-7,9,11-13,16,19H,3,8,10,14-15,17H2,1-2H3. The number of aromatic nitrogens is 4. The molecule has 1 saturated heterocycles. The highest BCUT2D eigenvalue weighted by molar-refractivity contribution is 7.98. The average Bonchev–Trinajstić information content (AvgIpc) is 3.60. The minimum Gasteiger partial charge on any atom is -0.466 e. The number of rotatable bonds is 8. The summed E-state index contributed by atoms with van der Waals surface area (Å²) in [4.78, 5) is 31.7. The maximum absolute atomic E-state index is 13.2. The van der Waals surface area contributed by atoms with Crippen LogP contribution in [0.5, 0.6) is 0 Å². The quantitative estimate of drug-likeness (QED) is 0.184. The summed E-state index contributed by atoms with van der Waals surface area (Å²) in [6.07, 6.45) is 1.50. The number of aryl methyl sites for hydroxylation is 1. The number of hydrogen-bond donors (Lipinski definition) is 0. The number of halogens is 1. The molecule has 3 heterocycles. The Morgan fingerprint density at radius 3 is 2.74 bits per heavy atom. The summed E-state index contributed by atoms with van der Waals surface area (Å²) in [5, 5.41) is 12.9. The topological polar surface area (TPSA) is 90.2 Å². The van der Waals surface area contributed by atoms with E-state index in [2.05, 4.69) is 15.2 Å². The van der Waals surface area contributed by atoms with Crippen molar-refractivity contribution in [1.29, 1.82) is 0 Å². The van der Waals surface area contributed by atoms with Crippen molar-refractivity contribution in [3.05, 3.63) is 75.2 Å². The van der Waals surface area contributed by atoms with Crippen molar-refractivity contribution in [2.24, 2.45) is 5.92 Å². The lowest BCUT2D eigenvalue weighted by atomic mass is 9.98. The molecule has 2 aromatic heterocycles. The van der Waals surface area contributed by atoms with Gasteiger partial charge < -0.3 is 9.64 Å². The molecule has 1 fully saturated rings. The van der Waals surface area contributed by atoms with Gasteiger partial charge in [-0.1, -0.05) is 53.7 Å². The minimum atomic E-state index is -0.281. The summed E-state index contributed by atoms with van der Waals surface area (Å²) >= 11 is 9.46. The number of nitrogens with zero attached hydrogens (tertiary/aromatic N) is 5. The fourth-order valence-corrected chi connectivity index (χ4v) is 6.54. The summed E-state index contributed by atoms with van der Waals surface area (Å²) in [7, 11) is 0. The predicted molar refractivity (Wildman–Crippen MR) is 153 cm³/mol. The van der Waals surface area contributed by atoms with Crippen LogP contribution < -0.4 is 0 Å². The number of thiazole rings is 1. The van der Waals surface area contributed by atoms with E-state index in [-0.39, 0.29) is 17.8 Å². The number of thioether (sulfide) groups is 1. The number of esters is 1. The first-order chi connectivity index (χ1) is 19.0. The summed E-state index contributed by atoms with van der Waals surface area (Å²) in [6, 6.07) is 15.6. The summed E-state index contributed by atoms with van der Waals surface area (Å²) in [5.74, 6) is 0.514. The van der Waals surface area contributed by atoms with Crippen LogP contribution in [0.4, 0.5) is 0 Å². The van der Waals surface area contributed by atoms with E-state index in [1.54, 1.807) is 17.2 Å². The van der Waals surface area contributed by atoms with E-state index in [0.717, 1.165) is 34.7 Å². The molecule has 1 aliphatic heterocycles. The largest absolute Gasteiger partial charge is 0.466 e. The Kier molecular flexibility index (Phi) is 8.64. The minimum absolute atomic E-state index is 0.152. The number of ether oxygens (including phenoxy) is 1. The highest BCUT2D eigenvalue weighted by atomic mass is 35.5. The Bertz CT molecular complexity index is 1490. The van der Waals surface area contributed by atoms with Crippen LogP contribution in [0.25, 0.3) is 17.1 Å². The normalized spacial score (nSPS) is 15.4. The van der Waals surface area contributed by atoms with Gasteiger partial charge in [0, 0.05) is 24.0 Å². The Labute approximate surface area is 240 Å². The van der Waals surface area contributed by atoms with Crippen molar-refractivity contribution >= 4 is 46.6 Å². The molecular formula is C28H28ClN5O3S2. The maximum atomic E-state index is 13.2. The van der Waals surface area contributed by atoms with E-state index in [4.69, 9.17) is 16.3 Å². The molecule has 11 heteroatoms. The third-order valence-corrected chi connectivity index (χ3v) is 8.83. The summed E-state index contributed by atoms with van der Waals surface area (Å²) in [5.41, 5.74) is 3.25. The monoisotopic (exact) mass is 581 g/mol.